The van der Waals surface area contributed by atoms with Gasteiger partial charge in [0.1, 0.15) is 0 Å². The molecular weight excluding hydrogens is 218 g/mol. The Labute approximate surface area is 104 Å². The van der Waals surface area contributed by atoms with Crippen molar-refractivity contribution < 1.29 is 14.6 Å². The lowest BCUT2D eigenvalue weighted by molar-refractivity contribution is -0.145. The van der Waals surface area contributed by atoms with Crippen LogP contribution in [0.3, 0.4) is 0 Å². The van der Waals surface area contributed by atoms with Gasteiger partial charge in [0.2, 0.25) is 0 Å². The fraction of sp³-hybridized carbons (Fsp3) is 0.923. The SMILES string of the molecule is COC(=O)C(C)C(C)NC1CCCCC1CO. The highest BCUT2D eigenvalue weighted by atomic mass is 16.5. The maximum atomic E-state index is 11.4. The van der Waals surface area contributed by atoms with Gasteiger partial charge in [0.25, 0.3) is 0 Å². The molecule has 1 rings (SSSR count). The van der Waals surface area contributed by atoms with Crippen LogP contribution in [0.1, 0.15) is 39.5 Å². The molecule has 1 aliphatic rings. The Morgan fingerprint density at radius 2 is 2.06 bits per heavy atom. The van der Waals surface area contributed by atoms with Gasteiger partial charge in [-0.3, -0.25) is 4.79 Å². The largest absolute Gasteiger partial charge is 0.469 e. The number of ether oxygens (including phenoxy) is 1. The molecular formula is C13H25NO3. The van der Waals surface area contributed by atoms with Crippen LogP contribution >= 0.6 is 0 Å². The number of rotatable bonds is 5. The maximum Gasteiger partial charge on any atom is 0.309 e. The highest BCUT2D eigenvalue weighted by molar-refractivity contribution is 5.72. The molecule has 100 valence electrons. The van der Waals surface area contributed by atoms with Gasteiger partial charge in [0.05, 0.1) is 13.0 Å². The number of aliphatic hydroxyl groups is 1. The summed E-state index contributed by atoms with van der Waals surface area (Å²) in [5, 5.41) is 12.8. The zero-order chi connectivity index (χ0) is 12.8. The van der Waals surface area contributed by atoms with E-state index in [1.165, 1.54) is 20.0 Å². The van der Waals surface area contributed by atoms with Crippen LogP contribution < -0.4 is 5.32 Å². The number of carbonyl (C=O) groups is 1. The molecule has 17 heavy (non-hydrogen) atoms. The average Bonchev–Trinajstić information content (AvgIpc) is 2.37. The zero-order valence-electron chi connectivity index (χ0n) is 11.1. The molecule has 0 aliphatic heterocycles. The fourth-order valence-corrected chi connectivity index (χ4v) is 2.52. The van der Waals surface area contributed by atoms with Crippen LogP contribution in [0.25, 0.3) is 0 Å². The number of hydrogen-bond acceptors (Lipinski definition) is 4. The first-order chi connectivity index (χ1) is 8.10. The summed E-state index contributed by atoms with van der Waals surface area (Å²) in [7, 11) is 1.42. The number of hydrogen-bond donors (Lipinski definition) is 2. The van der Waals surface area contributed by atoms with E-state index in [9.17, 15) is 9.90 Å². The highest BCUT2D eigenvalue weighted by Crippen LogP contribution is 2.25. The van der Waals surface area contributed by atoms with Gasteiger partial charge in [0.15, 0.2) is 0 Å². The number of carbonyl (C=O) groups excluding carboxylic acids is 1. The van der Waals surface area contributed by atoms with Gasteiger partial charge in [-0.1, -0.05) is 19.8 Å². The molecule has 1 fully saturated rings. The summed E-state index contributed by atoms with van der Waals surface area (Å²) in [6.45, 7) is 4.11. The summed E-state index contributed by atoms with van der Waals surface area (Å²) in [6.07, 6.45) is 4.56. The van der Waals surface area contributed by atoms with Crippen molar-refractivity contribution in [2.24, 2.45) is 11.8 Å². The summed E-state index contributed by atoms with van der Waals surface area (Å²) in [6, 6.07) is 0.412. The number of methoxy groups -OCH3 is 1. The van der Waals surface area contributed by atoms with E-state index in [1.54, 1.807) is 0 Å². The molecule has 0 radical (unpaired) electrons. The third kappa shape index (κ3) is 3.96. The summed E-state index contributed by atoms with van der Waals surface area (Å²) in [5.41, 5.74) is 0. The molecule has 0 aromatic carbocycles. The molecule has 0 bridgehead atoms. The first kappa shape index (κ1) is 14.5. The molecule has 4 heteroatoms. The lowest BCUT2D eigenvalue weighted by Crippen LogP contribution is -2.48. The fourth-order valence-electron chi connectivity index (χ4n) is 2.52. The Morgan fingerprint density at radius 3 is 2.65 bits per heavy atom. The minimum atomic E-state index is -0.179. The van der Waals surface area contributed by atoms with Crippen LogP contribution in [-0.4, -0.2) is 36.9 Å². The van der Waals surface area contributed by atoms with Gasteiger partial charge in [-0.15, -0.1) is 0 Å². The van der Waals surface area contributed by atoms with Crippen molar-refractivity contribution in [2.75, 3.05) is 13.7 Å². The summed E-state index contributed by atoms with van der Waals surface area (Å²) in [4.78, 5) is 11.4. The number of nitrogens with one attached hydrogen (secondary N) is 1. The van der Waals surface area contributed by atoms with Gasteiger partial charge in [0, 0.05) is 18.7 Å². The van der Waals surface area contributed by atoms with E-state index in [-0.39, 0.29) is 24.5 Å². The van der Waals surface area contributed by atoms with E-state index in [0.29, 0.717) is 12.0 Å². The Bertz CT molecular complexity index is 245. The number of esters is 1. The van der Waals surface area contributed by atoms with E-state index in [2.05, 4.69) is 5.32 Å². The molecule has 4 nitrogen and oxygen atoms in total. The first-order valence-corrected chi connectivity index (χ1v) is 6.54. The molecule has 0 amide bonds. The monoisotopic (exact) mass is 243 g/mol. The van der Waals surface area contributed by atoms with Crippen LogP contribution in [0, 0.1) is 11.8 Å². The molecule has 0 saturated heterocycles. The Morgan fingerprint density at radius 1 is 1.41 bits per heavy atom. The third-order valence-corrected chi connectivity index (χ3v) is 3.94. The Kier molecular flexibility index (Phi) is 5.92. The topological polar surface area (TPSA) is 58.6 Å². The van der Waals surface area contributed by atoms with E-state index >= 15 is 0 Å². The van der Waals surface area contributed by atoms with E-state index in [4.69, 9.17) is 4.74 Å². The summed E-state index contributed by atoms with van der Waals surface area (Å²) < 4.78 is 4.75. The van der Waals surface area contributed by atoms with Gasteiger partial charge in [-0.2, -0.15) is 0 Å². The number of aliphatic hydroxyl groups excluding tert-OH is 1. The van der Waals surface area contributed by atoms with Crippen molar-refractivity contribution in [2.45, 2.75) is 51.6 Å². The maximum absolute atomic E-state index is 11.4. The van der Waals surface area contributed by atoms with E-state index < -0.39 is 0 Å². The lowest BCUT2D eigenvalue weighted by Gasteiger charge is -2.34. The summed E-state index contributed by atoms with van der Waals surface area (Å²) >= 11 is 0. The molecule has 0 aromatic heterocycles. The molecule has 0 heterocycles. The van der Waals surface area contributed by atoms with Gasteiger partial charge in [-0.05, 0) is 25.7 Å². The molecule has 2 N–H and O–H groups in total. The second-order valence-corrected chi connectivity index (χ2v) is 5.10. The van der Waals surface area contributed by atoms with Crippen molar-refractivity contribution in [3.63, 3.8) is 0 Å². The molecule has 0 aromatic rings. The van der Waals surface area contributed by atoms with Crippen LogP contribution in [0.15, 0.2) is 0 Å². The smallest absolute Gasteiger partial charge is 0.309 e. The minimum absolute atomic E-state index is 0.0830. The predicted molar refractivity (Wildman–Crippen MR) is 66.6 cm³/mol. The molecule has 4 unspecified atom stereocenters. The van der Waals surface area contributed by atoms with Crippen molar-refractivity contribution in [1.82, 2.24) is 5.32 Å². The van der Waals surface area contributed by atoms with Crippen LogP contribution in [0.4, 0.5) is 0 Å². The lowest BCUT2D eigenvalue weighted by atomic mass is 9.84. The zero-order valence-corrected chi connectivity index (χ0v) is 11.1. The predicted octanol–water partition coefficient (Wildman–Crippen LogP) is 1.32. The van der Waals surface area contributed by atoms with Gasteiger partial charge < -0.3 is 15.2 Å². The van der Waals surface area contributed by atoms with Crippen LogP contribution in [0.2, 0.25) is 0 Å². The van der Waals surface area contributed by atoms with Crippen LogP contribution in [0.5, 0.6) is 0 Å². The second-order valence-electron chi connectivity index (χ2n) is 5.10. The minimum Gasteiger partial charge on any atom is -0.469 e. The average molecular weight is 243 g/mol. The first-order valence-electron chi connectivity index (χ1n) is 6.54. The second kappa shape index (κ2) is 6.97. The Hall–Kier alpha value is -0.610. The normalized spacial score (nSPS) is 28.5. The van der Waals surface area contributed by atoms with Crippen molar-refractivity contribution in [3.8, 4) is 0 Å². The van der Waals surface area contributed by atoms with E-state index in [1.807, 2.05) is 13.8 Å². The highest BCUT2D eigenvalue weighted by Gasteiger charge is 2.28. The van der Waals surface area contributed by atoms with Crippen molar-refractivity contribution in [1.29, 1.82) is 0 Å². The van der Waals surface area contributed by atoms with E-state index in [0.717, 1.165) is 12.8 Å². The van der Waals surface area contributed by atoms with Gasteiger partial charge in [-0.25, -0.2) is 0 Å². The molecule has 1 saturated carbocycles. The van der Waals surface area contributed by atoms with Crippen molar-refractivity contribution in [3.05, 3.63) is 0 Å². The van der Waals surface area contributed by atoms with Crippen molar-refractivity contribution >= 4 is 5.97 Å². The summed E-state index contributed by atoms with van der Waals surface area (Å²) in [5.74, 6) is -0.00123. The third-order valence-electron chi connectivity index (χ3n) is 3.94. The Balaban J connectivity index is 2.48. The molecule has 1 aliphatic carbocycles. The molecule has 4 atom stereocenters. The standard InChI is InChI=1S/C13H25NO3/c1-9(13(16)17-3)10(2)14-12-7-5-4-6-11(12)8-15/h9-12,14-15H,4-8H2,1-3H3. The van der Waals surface area contributed by atoms with Crippen LogP contribution in [-0.2, 0) is 9.53 Å². The quantitative estimate of drug-likeness (QED) is 0.715. The molecule has 0 spiro atoms. The van der Waals surface area contributed by atoms with Gasteiger partial charge >= 0.3 is 5.97 Å².